The minimum absolute atomic E-state index is 0.0674. The zero-order valence-electron chi connectivity index (χ0n) is 10.3. The molecule has 0 aliphatic heterocycles. The SMILES string of the molecule is O=C(O)c1cnc(Cl)nc1NC(CO)c1ccccc1. The summed E-state index contributed by atoms with van der Waals surface area (Å²) in [5, 5.41) is 21.3. The summed E-state index contributed by atoms with van der Waals surface area (Å²) in [6.45, 7) is -0.218. The van der Waals surface area contributed by atoms with Crippen LogP contribution in [0.25, 0.3) is 0 Å². The number of benzene rings is 1. The molecule has 0 aliphatic carbocycles. The van der Waals surface area contributed by atoms with Gasteiger partial charge in [-0.25, -0.2) is 9.78 Å². The first kappa shape index (κ1) is 14.2. The van der Waals surface area contributed by atoms with Crippen LogP contribution in [0.1, 0.15) is 22.0 Å². The van der Waals surface area contributed by atoms with E-state index in [-0.39, 0.29) is 23.3 Å². The van der Waals surface area contributed by atoms with Crippen molar-refractivity contribution in [3.05, 3.63) is 52.9 Å². The van der Waals surface area contributed by atoms with Crippen LogP contribution < -0.4 is 5.32 Å². The lowest BCUT2D eigenvalue weighted by Gasteiger charge is -2.18. The third-order valence-electron chi connectivity index (χ3n) is 2.69. The summed E-state index contributed by atoms with van der Waals surface area (Å²) >= 11 is 5.68. The van der Waals surface area contributed by atoms with Crippen molar-refractivity contribution in [3.8, 4) is 0 Å². The standard InChI is InChI=1S/C13H12ClN3O3/c14-13-15-6-9(12(19)20)11(17-13)16-10(7-18)8-4-2-1-3-5-8/h1-6,10,18H,7H2,(H,19,20)(H,15,16,17). The van der Waals surface area contributed by atoms with Crippen molar-refractivity contribution < 1.29 is 15.0 Å². The molecule has 1 aromatic carbocycles. The molecule has 2 rings (SSSR count). The van der Waals surface area contributed by atoms with Gasteiger partial charge in [0.2, 0.25) is 5.28 Å². The summed E-state index contributed by atoms with van der Waals surface area (Å²) in [6.07, 6.45) is 1.12. The zero-order valence-corrected chi connectivity index (χ0v) is 11.1. The van der Waals surface area contributed by atoms with E-state index in [1.54, 1.807) is 0 Å². The average Bonchev–Trinajstić information content (AvgIpc) is 2.45. The Bertz CT molecular complexity index is 607. The second-order valence-electron chi connectivity index (χ2n) is 4.00. The molecule has 0 radical (unpaired) electrons. The number of anilines is 1. The van der Waals surface area contributed by atoms with E-state index in [4.69, 9.17) is 16.7 Å². The van der Waals surface area contributed by atoms with Gasteiger partial charge < -0.3 is 15.5 Å². The Morgan fingerprint density at radius 1 is 1.35 bits per heavy atom. The van der Waals surface area contributed by atoms with Crippen molar-refractivity contribution in [2.75, 3.05) is 11.9 Å². The fraction of sp³-hybridized carbons (Fsp3) is 0.154. The predicted octanol–water partition coefficient (Wildman–Crippen LogP) is 1.97. The quantitative estimate of drug-likeness (QED) is 0.730. The number of carboxylic acids is 1. The van der Waals surface area contributed by atoms with E-state index in [1.165, 1.54) is 0 Å². The Morgan fingerprint density at radius 3 is 2.65 bits per heavy atom. The van der Waals surface area contributed by atoms with E-state index in [0.29, 0.717) is 0 Å². The molecular formula is C13H12ClN3O3. The summed E-state index contributed by atoms with van der Waals surface area (Å²) in [4.78, 5) is 18.6. The molecule has 0 amide bonds. The number of aromatic nitrogens is 2. The van der Waals surface area contributed by atoms with E-state index in [2.05, 4.69) is 15.3 Å². The molecule has 1 atom stereocenters. The first-order valence-corrected chi connectivity index (χ1v) is 6.17. The molecule has 0 spiro atoms. The number of carbonyl (C=O) groups is 1. The number of nitrogens with zero attached hydrogens (tertiary/aromatic N) is 2. The Morgan fingerprint density at radius 2 is 2.05 bits per heavy atom. The predicted molar refractivity (Wildman–Crippen MR) is 73.9 cm³/mol. The van der Waals surface area contributed by atoms with Gasteiger partial charge in [0, 0.05) is 6.20 Å². The van der Waals surface area contributed by atoms with Crippen molar-refractivity contribution in [2.45, 2.75) is 6.04 Å². The zero-order chi connectivity index (χ0) is 14.5. The topological polar surface area (TPSA) is 95.3 Å². The number of carboxylic acid groups (broad SMARTS) is 1. The molecule has 0 aliphatic rings. The third kappa shape index (κ3) is 3.23. The number of hydrogen-bond donors (Lipinski definition) is 3. The molecular weight excluding hydrogens is 282 g/mol. The number of aliphatic hydroxyl groups is 1. The Hall–Kier alpha value is -2.18. The number of aromatic carboxylic acids is 1. The van der Waals surface area contributed by atoms with Gasteiger partial charge in [-0.3, -0.25) is 0 Å². The first-order valence-electron chi connectivity index (χ1n) is 5.80. The van der Waals surface area contributed by atoms with Gasteiger partial charge in [-0.15, -0.1) is 0 Å². The number of hydrogen-bond acceptors (Lipinski definition) is 5. The summed E-state index contributed by atoms with van der Waals surface area (Å²) in [5.74, 6) is -1.10. The molecule has 0 fully saturated rings. The maximum absolute atomic E-state index is 11.1. The molecule has 1 aromatic heterocycles. The second-order valence-corrected chi connectivity index (χ2v) is 4.33. The first-order chi connectivity index (χ1) is 9.61. The normalized spacial score (nSPS) is 11.9. The number of nitrogens with one attached hydrogen (secondary N) is 1. The van der Waals surface area contributed by atoms with E-state index in [1.807, 2.05) is 30.3 Å². The van der Waals surface area contributed by atoms with Crippen LogP contribution in [0, 0.1) is 0 Å². The van der Waals surface area contributed by atoms with Crippen LogP contribution in [0.5, 0.6) is 0 Å². The van der Waals surface area contributed by atoms with Gasteiger partial charge in [0.05, 0.1) is 12.6 Å². The van der Waals surface area contributed by atoms with Crippen LogP contribution in [0.15, 0.2) is 36.5 Å². The highest BCUT2D eigenvalue weighted by atomic mass is 35.5. The summed E-state index contributed by atoms with van der Waals surface area (Å²) < 4.78 is 0. The summed E-state index contributed by atoms with van der Waals surface area (Å²) in [6, 6.07) is 8.64. The lowest BCUT2D eigenvalue weighted by Crippen LogP contribution is -2.18. The molecule has 2 aromatic rings. The van der Waals surface area contributed by atoms with E-state index >= 15 is 0 Å². The molecule has 1 heterocycles. The van der Waals surface area contributed by atoms with Crippen molar-refractivity contribution in [2.24, 2.45) is 0 Å². The van der Waals surface area contributed by atoms with Crippen LogP contribution in [-0.4, -0.2) is 32.8 Å². The Labute approximate surface area is 120 Å². The Balaban J connectivity index is 2.32. The summed E-state index contributed by atoms with van der Waals surface area (Å²) in [5.41, 5.74) is 0.699. The highest BCUT2D eigenvalue weighted by Crippen LogP contribution is 2.21. The monoisotopic (exact) mass is 293 g/mol. The molecule has 6 nitrogen and oxygen atoms in total. The Kier molecular flexibility index (Phi) is 4.49. The molecule has 0 saturated heterocycles. The maximum atomic E-state index is 11.1. The van der Waals surface area contributed by atoms with E-state index < -0.39 is 12.0 Å². The highest BCUT2D eigenvalue weighted by Gasteiger charge is 2.17. The van der Waals surface area contributed by atoms with Crippen molar-refractivity contribution in [1.82, 2.24) is 9.97 Å². The van der Waals surface area contributed by atoms with Crippen molar-refractivity contribution >= 4 is 23.4 Å². The molecule has 0 saturated carbocycles. The van der Waals surface area contributed by atoms with Gasteiger partial charge in [0.25, 0.3) is 0 Å². The van der Waals surface area contributed by atoms with E-state index in [0.717, 1.165) is 11.8 Å². The molecule has 20 heavy (non-hydrogen) atoms. The number of rotatable bonds is 5. The molecule has 1 unspecified atom stereocenters. The van der Waals surface area contributed by atoms with Crippen LogP contribution >= 0.6 is 11.6 Å². The molecule has 0 bridgehead atoms. The van der Waals surface area contributed by atoms with Crippen LogP contribution in [0.4, 0.5) is 5.82 Å². The van der Waals surface area contributed by atoms with Gasteiger partial charge in [-0.2, -0.15) is 4.98 Å². The average molecular weight is 294 g/mol. The van der Waals surface area contributed by atoms with Gasteiger partial charge in [0.1, 0.15) is 11.4 Å². The van der Waals surface area contributed by atoms with Crippen LogP contribution in [0.3, 0.4) is 0 Å². The van der Waals surface area contributed by atoms with Gasteiger partial charge in [-0.1, -0.05) is 30.3 Å². The van der Waals surface area contributed by atoms with E-state index in [9.17, 15) is 9.90 Å². The lowest BCUT2D eigenvalue weighted by atomic mass is 10.1. The second kappa shape index (κ2) is 6.31. The fourth-order valence-corrected chi connectivity index (χ4v) is 1.84. The number of aliphatic hydroxyl groups excluding tert-OH is 1. The molecule has 3 N–H and O–H groups in total. The molecule has 7 heteroatoms. The largest absolute Gasteiger partial charge is 0.477 e. The van der Waals surface area contributed by atoms with Crippen molar-refractivity contribution in [3.63, 3.8) is 0 Å². The lowest BCUT2D eigenvalue weighted by molar-refractivity contribution is 0.0697. The van der Waals surface area contributed by atoms with Gasteiger partial charge >= 0.3 is 5.97 Å². The molecule has 104 valence electrons. The smallest absolute Gasteiger partial charge is 0.341 e. The number of halogens is 1. The maximum Gasteiger partial charge on any atom is 0.341 e. The minimum atomic E-state index is -1.17. The summed E-state index contributed by atoms with van der Waals surface area (Å²) in [7, 11) is 0. The van der Waals surface area contributed by atoms with Gasteiger partial charge in [-0.05, 0) is 17.2 Å². The minimum Gasteiger partial charge on any atom is -0.477 e. The third-order valence-corrected chi connectivity index (χ3v) is 2.87. The van der Waals surface area contributed by atoms with Crippen LogP contribution in [0.2, 0.25) is 5.28 Å². The highest BCUT2D eigenvalue weighted by molar-refractivity contribution is 6.28. The fourth-order valence-electron chi connectivity index (χ4n) is 1.71. The van der Waals surface area contributed by atoms with Crippen LogP contribution in [-0.2, 0) is 0 Å². The van der Waals surface area contributed by atoms with Crippen molar-refractivity contribution in [1.29, 1.82) is 0 Å². The van der Waals surface area contributed by atoms with Gasteiger partial charge in [0.15, 0.2) is 0 Å².